The number of nitrogens with one attached hydrogen (secondary N) is 1. The Morgan fingerprint density at radius 1 is 0.778 bits per heavy atom. The van der Waals surface area contributed by atoms with E-state index in [1.54, 1.807) is 0 Å². The van der Waals surface area contributed by atoms with Crippen LogP contribution in [-0.4, -0.2) is 45.7 Å². The van der Waals surface area contributed by atoms with Crippen LogP contribution in [0.2, 0.25) is 0 Å². The van der Waals surface area contributed by atoms with E-state index < -0.39 is 0 Å². The lowest BCUT2D eigenvalue weighted by Gasteiger charge is -2.04. The van der Waals surface area contributed by atoms with Crippen LogP contribution in [0.15, 0.2) is 43.5 Å². The van der Waals surface area contributed by atoms with E-state index in [4.69, 9.17) is 19.4 Å². The van der Waals surface area contributed by atoms with Gasteiger partial charge in [0, 0.05) is 47.6 Å². The first-order valence-electron chi connectivity index (χ1n) is 15.0. The third kappa shape index (κ3) is 5.68. The fourth-order valence-electron chi connectivity index (χ4n) is 6.30. The first-order chi connectivity index (χ1) is 21.5. The van der Waals surface area contributed by atoms with Gasteiger partial charge in [0.1, 0.15) is 0 Å². The predicted molar refractivity (Wildman–Crippen MR) is 182 cm³/mol. The zero-order valence-electron chi connectivity index (χ0n) is 27.2. The van der Waals surface area contributed by atoms with Crippen molar-refractivity contribution >= 4 is 62.4 Å². The first-order valence-corrected chi connectivity index (χ1v) is 15.0. The highest BCUT2D eigenvalue weighted by Crippen LogP contribution is 2.37. The van der Waals surface area contributed by atoms with Crippen molar-refractivity contribution in [2.75, 3.05) is 14.2 Å². The van der Waals surface area contributed by atoms with Crippen LogP contribution in [0.25, 0.3) is 50.4 Å². The van der Waals surface area contributed by atoms with Crippen molar-refractivity contribution in [3.8, 4) is 0 Å². The average molecular weight is 605 g/mol. The second-order valence-electron chi connectivity index (χ2n) is 11.5. The third-order valence-corrected chi connectivity index (χ3v) is 9.06. The van der Waals surface area contributed by atoms with Crippen molar-refractivity contribution in [2.45, 2.75) is 53.4 Å². The van der Waals surface area contributed by atoms with Gasteiger partial charge >= 0.3 is 11.9 Å². The molecule has 8 heteroatoms. The normalized spacial score (nSPS) is 12.9. The molecule has 8 bridgehead atoms. The molecule has 2 aliphatic heterocycles. The van der Waals surface area contributed by atoms with Crippen LogP contribution in [0.3, 0.4) is 0 Å². The monoisotopic (exact) mass is 604 g/mol. The lowest BCUT2D eigenvalue weighted by atomic mass is 10.00. The molecular formula is C37H40N4O4. The van der Waals surface area contributed by atoms with Gasteiger partial charge in [0.2, 0.25) is 0 Å². The number of allylic oxidation sites excluding steroid dienone is 5. The molecule has 45 heavy (non-hydrogen) atoms. The molecule has 5 heterocycles. The highest BCUT2D eigenvalue weighted by atomic mass is 16.5. The maximum absolute atomic E-state index is 12.2. The standard InChI is InChI=1S/C37H40N4O4/c1-10-24-20(3)30-19-35-25(11-2)23(6)34(41(35)7)18-29-22(5)27(13-15-37(43)45-9)33(40-29)17-32-26(12-14-36(42)44-8)21(4)28(38-32)16-31(24)39-30/h10-11,16-19,40H,1-2,12-15H2,3-9H3. The third-order valence-electron chi connectivity index (χ3n) is 9.06. The van der Waals surface area contributed by atoms with Gasteiger partial charge in [-0.25, -0.2) is 9.97 Å². The number of aromatic amines is 1. The van der Waals surface area contributed by atoms with Crippen LogP contribution in [0, 0.1) is 13.8 Å². The topological polar surface area (TPSA) is 99.1 Å². The minimum Gasteiger partial charge on any atom is -0.469 e. The summed E-state index contributed by atoms with van der Waals surface area (Å²) in [5.74, 6) is -0.553. The molecule has 0 unspecified atom stereocenters. The van der Waals surface area contributed by atoms with Gasteiger partial charge < -0.3 is 19.0 Å². The Balaban J connectivity index is 1.94. The summed E-state index contributed by atoms with van der Waals surface area (Å²) in [5, 5.41) is 0. The van der Waals surface area contributed by atoms with E-state index in [-0.39, 0.29) is 24.8 Å². The molecule has 0 saturated carbocycles. The number of ether oxygens (including phenoxy) is 2. The molecule has 3 aromatic heterocycles. The molecule has 2 aliphatic rings. The number of fused-ring (bicyclic) bond motifs is 8. The minimum atomic E-state index is -0.282. The molecule has 0 fully saturated rings. The maximum Gasteiger partial charge on any atom is 0.305 e. The molecule has 232 valence electrons. The van der Waals surface area contributed by atoms with Gasteiger partial charge in [-0.05, 0) is 98.2 Å². The number of hydrogen-bond donors (Lipinski definition) is 1. The second-order valence-corrected chi connectivity index (χ2v) is 11.5. The molecule has 8 nitrogen and oxygen atoms in total. The van der Waals surface area contributed by atoms with Gasteiger partial charge in [0.15, 0.2) is 0 Å². The van der Waals surface area contributed by atoms with E-state index in [0.717, 1.165) is 89.4 Å². The van der Waals surface area contributed by atoms with Crippen molar-refractivity contribution < 1.29 is 19.1 Å². The van der Waals surface area contributed by atoms with Crippen LogP contribution in [0.5, 0.6) is 0 Å². The number of rotatable bonds is 8. The fraction of sp³-hybridized carbons (Fsp3) is 0.297. The van der Waals surface area contributed by atoms with E-state index in [1.807, 2.05) is 31.2 Å². The molecular weight excluding hydrogens is 564 g/mol. The van der Waals surface area contributed by atoms with E-state index in [1.165, 1.54) is 14.2 Å². The van der Waals surface area contributed by atoms with Crippen LogP contribution >= 0.6 is 0 Å². The number of H-pyrrole nitrogens is 1. The first kappa shape index (κ1) is 31.4. The molecule has 0 saturated heterocycles. The maximum atomic E-state index is 12.2. The van der Waals surface area contributed by atoms with Gasteiger partial charge in [-0.1, -0.05) is 25.3 Å². The summed E-state index contributed by atoms with van der Waals surface area (Å²) in [7, 11) is 4.85. The largest absolute Gasteiger partial charge is 0.469 e. The zero-order chi connectivity index (χ0) is 32.6. The van der Waals surface area contributed by atoms with Crippen LogP contribution in [0.1, 0.15) is 78.1 Å². The van der Waals surface area contributed by atoms with E-state index in [2.05, 4.69) is 62.7 Å². The lowest BCUT2D eigenvalue weighted by molar-refractivity contribution is -0.141. The Kier molecular flexibility index (Phi) is 8.77. The van der Waals surface area contributed by atoms with Crippen molar-refractivity contribution in [1.29, 1.82) is 0 Å². The van der Waals surface area contributed by atoms with Gasteiger partial charge in [-0.15, -0.1) is 0 Å². The van der Waals surface area contributed by atoms with Gasteiger partial charge in [0.05, 0.1) is 42.5 Å². The van der Waals surface area contributed by atoms with Crippen molar-refractivity contribution in [3.05, 3.63) is 88.5 Å². The average Bonchev–Trinajstić information content (AvgIpc) is 3.66. The molecule has 5 rings (SSSR count). The Hall–Kier alpha value is -4.98. The molecule has 1 N–H and O–H groups in total. The quantitative estimate of drug-likeness (QED) is 0.265. The number of hydrogen-bond acceptors (Lipinski definition) is 6. The minimum absolute atomic E-state index is 0.229. The molecule has 0 spiro atoms. The molecule has 0 radical (unpaired) electrons. The van der Waals surface area contributed by atoms with Crippen LogP contribution in [-0.2, 0) is 32.5 Å². The molecule has 0 aliphatic carbocycles. The zero-order valence-corrected chi connectivity index (χ0v) is 27.2. The summed E-state index contributed by atoms with van der Waals surface area (Å²) in [6.07, 6.45) is 5.17. The fourth-order valence-corrected chi connectivity index (χ4v) is 6.30. The van der Waals surface area contributed by atoms with Crippen LogP contribution in [0.4, 0.5) is 0 Å². The van der Waals surface area contributed by atoms with E-state index in [0.29, 0.717) is 12.8 Å². The van der Waals surface area contributed by atoms with Crippen LogP contribution < -0.4 is 0 Å². The molecule has 0 amide bonds. The van der Waals surface area contributed by atoms with E-state index >= 15 is 0 Å². The summed E-state index contributed by atoms with van der Waals surface area (Å²) >= 11 is 0. The number of esters is 2. The highest BCUT2D eigenvalue weighted by molar-refractivity contribution is 5.98. The van der Waals surface area contributed by atoms with E-state index in [9.17, 15) is 9.59 Å². The van der Waals surface area contributed by atoms with Crippen molar-refractivity contribution in [2.24, 2.45) is 7.05 Å². The number of aromatic nitrogens is 4. The summed E-state index contributed by atoms with van der Waals surface area (Å²) in [5.41, 5.74) is 15.1. The second kappa shape index (κ2) is 12.6. The smallest absolute Gasteiger partial charge is 0.305 e. The van der Waals surface area contributed by atoms with Gasteiger partial charge in [-0.3, -0.25) is 9.59 Å². The summed E-state index contributed by atoms with van der Waals surface area (Å²) < 4.78 is 12.1. The molecule has 3 aromatic rings. The summed E-state index contributed by atoms with van der Waals surface area (Å²) in [4.78, 5) is 38.2. The van der Waals surface area contributed by atoms with Crippen molar-refractivity contribution in [3.63, 3.8) is 0 Å². The Morgan fingerprint density at radius 2 is 1.42 bits per heavy atom. The number of carbonyl (C=O) groups is 2. The van der Waals surface area contributed by atoms with Gasteiger partial charge in [-0.2, -0.15) is 0 Å². The Labute approximate surface area is 263 Å². The number of carbonyl (C=O) groups excluding carboxylic acids is 2. The number of aryl methyl sites for hydroxylation is 4. The summed E-state index contributed by atoms with van der Waals surface area (Å²) in [6, 6.07) is 8.27. The summed E-state index contributed by atoms with van der Waals surface area (Å²) in [6.45, 7) is 16.5. The Morgan fingerprint density at radius 3 is 2.07 bits per heavy atom. The highest BCUT2D eigenvalue weighted by Gasteiger charge is 2.22. The van der Waals surface area contributed by atoms with Crippen molar-refractivity contribution in [1.82, 2.24) is 19.5 Å². The number of nitrogens with zero attached hydrogens (tertiary/aromatic N) is 3. The lowest BCUT2D eigenvalue weighted by Crippen LogP contribution is -2.02. The predicted octanol–water partition coefficient (Wildman–Crippen LogP) is 7.69. The molecule has 0 aromatic carbocycles. The SMILES string of the molecule is C=CC1=C(C)c2cc3c(C=C)c(C)c(cc4[nH]c(cc5nc(cc1n2)C(C)=C5CCC(=O)OC)c(CCC(=O)OC)c4C)n3C. The van der Waals surface area contributed by atoms with Gasteiger partial charge in [0.25, 0.3) is 0 Å². The Bertz CT molecular complexity index is 2000. The number of methoxy groups -OCH3 is 2. The molecule has 0 atom stereocenters.